The van der Waals surface area contributed by atoms with Crippen molar-refractivity contribution in [3.8, 4) is 22.9 Å². The van der Waals surface area contributed by atoms with Crippen LogP contribution in [-0.4, -0.2) is 32.8 Å². The fraction of sp³-hybridized carbons (Fsp3) is 0.125. The van der Waals surface area contributed by atoms with Crippen molar-refractivity contribution in [2.45, 2.75) is 6.92 Å². The van der Waals surface area contributed by atoms with Crippen LogP contribution in [0.15, 0.2) is 65.6 Å². The molecule has 4 aromatic rings. The van der Waals surface area contributed by atoms with Gasteiger partial charge in [0, 0.05) is 43.8 Å². The predicted molar refractivity (Wildman–Crippen MR) is 133 cm³/mol. The highest BCUT2D eigenvalue weighted by atomic mass is 35.5. The molecule has 0 amide bonds. The molecule has 176 valence electrons. The normalized spacial score (nSPS) is 10.2. The Labute approximate surface area is 201 Å². The van der Waals surface area contributed by atoms with Crippen molar-refractivity contribution >= 4 is 29.4 Å². The molecule has 0 unspecified atom stereocenters. The highest BCUT2D eigenvalue weighted by Crippen LogP contribution is 2.37. The molecule has 0 saturated heterocycles. The lowest BCUT2D eigenvalue weighted by atomic mass is 10.3. The summed E-state index contributed by atoms with van der Waals surface area (Å²) in [5.41, 5.74) is 7.70. The minimum atomic E-state index is -0.277. The standard InChI is InChI=1S/C12H12ClN3O2.C12H12N2O2/c1-15-7-2-3-9(8(17)6-7)18-10-4-5-16-12(14)11(10)13;1-9-11(8-15)12(16)14(13(9)2)10-6-4-3-5-7-10/h2-6,15,17H,1H3,(H2,14,16);3-8H,1-2H3. The van der Waals surface area contributed by atoms with E-state index in [0.717, 1.165) is 11.4 Å². The van der Waals surface area contributed by atoms with Gasteiger partial charge in [0.25, 0.3) is 5.56 Å². The number of phenols is 1. The number of carbonyl (C=O) groups is 1. The number of benzene rings is 2. The lowest BCUT2D eigenvalue weighted by Gasteiger charge is -2.10. The third kappa shape index (κ3) is 5.05. The molecule has 0 atom stereocenters. The number of anilines is 2. The number of pyridine rings is 1. The number of aromatic nitrogens is 3. The Hall–Kier alpha value is -4.24. The molecule has 2 heterocycles. The molecule has 0 aliphatic rings. The van der Waals surface area contributed by atoms with Crippen LogP contribution in [0.1, 0.15) is 16.1 Å². The molecular formula is C24H24ClN5O4. The number of nitrogens with two attached hydrogens (primary N) is 1. The number of halogens is 1. The maximum absolute atomic E-state index is 12.0. The summed E-state index contributed by atoms with van der Waals surface area (Å²) in [6.45, 7) is 1.75. The van der Waals surface area contributed by atoms with E-state index in [2.05, 4.69) is 10.3 Å². The molecule has 4 N–H and O–H groups in total. The number of carbonyl (C=O) groups excluding carboxylic acids is 1. The molecule has 2 aromatic heterocycles. The maximum Gasteiger partial charge on any atom is 0.282 e. The van der Waals surface area contributed by atoms with Crippen LogP contribution in [0.4, 0.5) is 11.5 Å². The zero-order chi connectivity index (χ0) is 24.8. The smallest absolute Gasteiger partial charge is 0.282 e. The number of rotatable bonds is 5. The molecule has 0 spiro atoms. The number of hydrogen-bond donors (Lipinski definition) is 3. The first-order valence-electron chi connectivity index (χ1n) is 10.2. The summed E-state index contributed by atoms with van der Waals surface area (Å²) in [7, 11) is 3.52. The van der Waals surface area contributed by atoms with E-state index in [0.29, 0.717) is 23.5 Å². The van der Waals surface area contributed by atoms with Crippen LogP contribution in [0.2, 0.25) is 5.02 Å². The first-order chi connectivity index (χ1) is 16.3. The Kier molecular flexibility index (Phi) is 7.60. The van der Waals surface area contributed by atoms with E-state index < -0.39 is 0 Å². The van der Waals surface area contributed by atoms with Crippen LogP contribution in [0.5, 0.6) is 17.2 Å². The molecule has 0 fully saturated rings. The Morgan fingerprint density at radius 2 is 1.85 bits per heavy atom. The number of hydrogen-bond acceptors (Lipinski definition) is 7. The number of aromatic hydroxyl groups is 1. The van der Waals surface area contributed by atoms with E-state index in [1.807, 2.05) is 30.3 Å². The van der Waals surface area contributed by atoms with E-state index in [-0.39, 0.29) is 27.7 Å². The van der Waals surface area contributed by atoms with Crippen LogP contribution in [0.25, 0.3) is 5.69 Å². The molecule has 10 heteroatoms. The summed E-state index contributed by atoms with van der Waals surface area (Å²) < 4.78 is 8.66. The van der Waals surface area contributed by atoms with Crippen molar-refractivity contribution in [3.05, 3.63) is 87.4 Å². The van der Waals surface area contributed by atoms with Crippen molar-refractivity contribution in [1.82, 2.24) is 14.3 Å². The number of phenolic OH excluding ortho intramolecular Hbond substituents is 1. The molecule has 0 saturated carbocycles. The Morgan fingerprint density at radius 1 is 1.15 bits per heavy atom. The molecule has 34 heavy (non-hydrogen) atoms. The Morgan fingerprint density at radius 3 is 2.44 bits per heavy atom. The van der Waals surface area contributed by atoms with Gasteiger partial charge in [0.1, 0.15) is 16.4 Å². The highest BCUT2D eigenvalue weighted by molar-refractivity contribution is 6.34. The van der Waals surface area contributed by atoms with Crippen LogP contribution >= 0.6 is 11.6 Å². The summed E-state index contributed by atoms with van der Waals surface area (Å²) in [6.07, 6.45) is 2.09. The molecule has 9 nitrogen and oxygen atoms in total. The van der Waals surface area contributed by atoms with Crippen LogP contribution in [0.3, 0.4) is 0 Å². The summed E-state index contributed by atoms with van der Waals surface area (Å²) in [5, 5.41) is 12.9. The Balaban J connectivity index is 0.000000192. The van der Waals surface area contributed by atoms with Gasteiger partial charge in [0.15, 0.2) is 23.5 Å². The first kappa shape index (κ1) is 24.4. The van der Waals surface area contributed by atoms with Crippen molar-refractivity contribution in [2.75, 3.05) is 18.1 Å². The monoisotopic (exact) mass is 481 g/mol. The fourth-order valence-corrected chi connectivity index (χ4v) is 3.27. The van der Waals surface area contributed by atoms with Gasteiger partial charge < -0.3 is 20.9 Å². The number of ether oxygens (including phenoxy) is 1. The minimum Gasteiger partial charge on any atom is -0.504 e. The van der Waals surface area contributed by atoms with Gasteiger partial charge in [0.05, 0.1) is 5.69 Å². The average molecular weight is 482 g/mol. The fourth-order valence-electron chi connectivity index (χ4n) is 3.12. The van der Waals surface area contributed by atoms with E-state index in [4.69, 9.17) is 22.1 Å². The SMILES string of the molecule is CNc1ccc(Oc2ccnc(N)c2Cl)c(O)c1.Cc1c(C=O)c(=O)n(-c2ccccc2)n1C. The number of nitrogens with one attached hydrogen (secondary N) is 1. The predicted octanol–water partition coefficient (Wildman–Crippen LogP) is 4.15. The second-order valence-electron chi connectivity index (χ2n) is 7.14. The summed E-state index contributed by atoms with van der Waals surface area (Å²) >= 11 is 5.95. The van der Waals surface area contributed by atoms with Gasteiger partial charge in [-0.25, -0.2) is 9.67 Å². The topological polar surface area (TPSA) is 124 Å². The Bertz CT molecular complexity index is 1370. The minimum absolute atomic E-state index is 0.00769. The lowest BCUT2D eigenvalue weighted by molar-refractivity contribution is 0.112. The van der Waals surface area contributed by atoms with Crippen molar-refractivity contribution in [2.24, 2.45) is 7.05 Å². The van der Waals surface area contributed by atoms with E-state index in [9.17, 15) is 14.7 Å². The van der Waals surface area contributed by atoms with Crippen LogP contribution in [-0.2, 0) is 7.05 Å². The first-order valence-corrected chi connectivity index (χ1v) is 10.5. The highest BCUT2D eigenvalue weighted by Gasteiger charge is 2.14. The summed E-state index contributed by atoms with van der Waals surface area (Å²) in [5.74, 6) is 0.826. The summed E-state index contributed by atoms with van der Waals surface area (Å²) in [6, 6.07) is 15.8. The van der Waals surface area contributed by atoms with Gasteiger partial charge in [-0.2, -0.15) is 0 Å². The second kappa shape index (κ2) is 10.6. The quantitative estimate of drug-likeness (QED) is 0.365. The molecular weight excluding hydrogens is 458 g/mol. The van der Waals surface area contributed by atoms with Gasteiger partial charge in [0.2, 0.25) is 0 Å². The summed E-state index contributed by atoms with van der Waals surface area (Å²) in [4.78, 5) is 26.6. The molecule has 4 rings (SSSR count). The second-order valence-corrected chi connectivity index (χ2v) is 7.51. The van der Waals surface area contributed by atoms with Crippen molar-refractivity contribution < 1.29 is 14.6 Å². The zero-order valence-corrected chi connectivity index (χ0v) is 19.6. The number of nitrogen functional groups attached to an aromatic ring is 1. The third-order valence-electron chi connectivity index (χ3n) is 5.06. The van der Waals surface area contributed by atoms with Gasteiger partial charge >= 0.3 is 0 Å². The van der Waals surface area contributed by atoms with Crippen LogP contribution in [0, 0.1) is 6.92 Å². The molecule has 0 aliphatic heterocycles. The van der Waals surface area contributed by atoms with Gasteiger partial charge in [-0.15, -0.1) is 0 Å². The third-order valence-corrected chi connectivity index (χ3v) is 5.44. The lowest BCUT2D eigenvalue weighted by Crippen LogP contribution is -2.20. The molecule has 0 radical (unpaired) electrons. The number of nitrogens with zero attached hydrogens (tertiary/aromatic N) is 3. The maximum atomic E-state index is 12.0. The van der Waals surface area contributed by atoms with Crippen molar-refractivity contribution in [3.63, 3.8) is 0 Å². The van der Waals surface area contributed by atoms with Crippen LogP contribution < -0.4 is 21.3 Å². The number of para-hydroxylation sites is 1. The molecule has 0 aliphatic carbocycles. The molecule has 2 aromatic carbocycles. The zero-order valence-electron chi connectivity index (χ0n) is 18.8. The van der Waals surface area contributed by atoms with E-state index in [1.165, 1.54) is 10.9 Å². The number of aldehydes is 1. The van der Waals surface area contributed by atoms with Gasteiger partial charge in [-0.3, -0.25) is 14.3 Å². The largest absolute Gasteiger partial charge is 0.504 e. The van der Waals surface area contributed by atoms with E-state index >= 15 is 0 Å². The van der Waals surface area contributed by atoms with E-state index in [1.54, 1.807) is 50.0 Å². The van der Waals surface area contributed by atoms with Crippen molar-refractivity contribution in [1.29, 1.82) is 0 Å². The molecule has 0 bridgehead atoms. The average Bonchev–Trinajstić information content (AvgIpc) is 3.06. The van der Waals surface area contributed by atoms with Gasteiger partial charge in [-0.1, -0.05) is 29.8 Å². The van der Waals surface area contributed by atoms with Gasteiger partial charge in [-0.05, 0) is 31.2 Å².